The lowest BCUT2D eigenvalue weighted by Crippen LogP contribution is -2.41. The molecule has 0 spiro atoms. The second-order valence-electron chi connectivity index (χ2n) is 11.2. The van der Waals surface area contributed by atoms with Crippen molar-refractivity contribution < 1.29 is 9.63 Å². The fraction of sp³-hybridized carbons (Fsp3) is 0.571. The quantitative estimate of drug-likeness (QED) is 0.239. The fourth-order valence-electron chi connectivity index (χ4n) is 6.07. The number of nitrogens with two attached hydrogens (primary N) is 1. The molecule has 0 radical (unpaired) electrons. The van der Waals surface area contributed by atoms with E-state index in [0.717, 1.165) is 68.3 Å². The number of imidazole rings is 1. The molecule has 2 aromatic heterocycles. The van der Waals surface area contributed by atoms with Gasteiger partial charge >= 0.3 is 6.09 Å². The minimum atomic E-state index is -0.547. The van der Waals surface area contributed by atoms with Crippen LogP contribution < -0.4 is 21.7 Å². The fourth-order valence-corrected chi connectivity index (χ4v) is 6.26. The number of amides is 1. The monoisotopic (exact) mass is 639 g/mol. The van der Waals surface area contributed by atoms with Crippen LogP contribution in [0.2, 0.25) is 5.02 Å². The summed E-state index contributed by atoms with van der Waals surface area (Å²) in [6.07, 6.45) is 11.8. The molecule has 3 fully saturated rings. The summed E-state index contributed by atoms with van der Waals surface area (Å²) in [5, 5.41) is 12.1. The summed E-state index contributed by atoms with van der Waals surface area (Å²) in [4.78, 5) is 32.5. The molecule has 1 amide bonds. The van der Waals surface area contributed by atoms with E-state index < -0.39 is 6.09 Å². The standard InChI is InChI=1S/C28H38ClN9O2.2ClH/c29-22-7-3-4-8-23(22)34-28(39)40-37-15-13-20(14-16-37)32-25-24-26(38(17-31-24)21-5-1-2-6-21)36-27(35-25)33-19-11-9-18(30)10-12-19;;/h3-4,7-8,17-21H,1-2,5-6,9-16,30H2,(H,34,39)(H2,32,33,35,36);2*1H/t18-,19-;;. The van der Waals surface area contributed by atoms with E-state index in [-0.39, 0.29) is 30.9 Å². The number of hydrogen-bond donors (Lipinski definition) is 4. The summed E-state index contributed by atoms with van der Waals surface area (Å²) in [5.41, 5.74) is 8.34. The van der Waals surface area contributed by atoms with Crippen LogP contribution in [0.25, 0.3) is 11.2 Å². The van der Waals surface area contributed by atoms with Crippen molar-refractivity contribution in [2.75, 3.05) is 29.0 Å². The van der Waals surface area contributed by atoms with Gasteiger partial charge in [-0.2, -0.15) is 9.97 Å². The highest BCUT2D eigenvalue weighted by atomic mass is 35.5. The van der Waals surface area contributed by atoms with Crippen LogP contribution in [0.1, 0.15) is 70.3 Å². The molecular formula is C28H40Cl3N9O2. The first kappa shape index (κ1) is 32.3. The van der Waals surface area contributed by atoms with E-state index in [9.17, 15) is 4.79 Å². The van der Waals surface area contributed by atoms with E-state index in [0.29, 0.717) is 47.9 Å². The zero-order chi connectivity index (χ0) is 27.5. The van der Waals surface area contributed by atoms with Crippen molar-refractivity contribution in [3.05, 3.63) is 35.6 Å². The normalized spacial score (nSPS) is 21.8. The molecule has 0 bridgehead atoms. The van der Waals surface area contributed by atoms with Crippen molar-refractivity contribution in [2.24, 2.45) is 5.73 Å². The number of fused-ring (bicyclic) bond motifs is 1. The van der Waals surface area contributed by atoms with Gasteiger partial charge in [-0.25, -0.2) is 9.78 Å². The van der Waals surface area contributed by atoms with Crippen molar-refractivity contribution in [1.29, 1.82) is 0 Å². The number of carbonyl (C=O) groups excluding carboxylic acids is 1. The Kier molecular flexibility index (Phi) is 11.4. The third kappa shape index (κ3) is 7.68. The molecule has 3 heterocycles. The van der Waals surface area contributed by atoms with Crippen molar-refractivity contribution in [2.45, 2.75) is 88.4 Å². The summed E-state index contributed by atoms with van der Waals surface area (Å²) >= 11 is 6.14. The highest BCUT2D eigenvalue weighted by Crippen LogP contribution is 2.34. The molecule has 2 saturated carbocycles. The van der Waals surface area contributed by atoms with Crippen molar-refractivity contribution >= 4 is 71.1 Å². The van der Waals surface area contributed by atoms with Crippen LogP contribution in [0.4, 0.5) is 22.2 Å². The largest absolute Gasteiger partial charge is 0.430 e. The van der Waals surface area contributed by atoms with Gasteiger partial charge in [-0.05, 0) is 63.5 Å². The summed E-state index contributed by atoms with van der Waals surface area (Å²) in [6, 6.07) is 8.30. The molecule has 3 aliphatic rings. The number of rotatable bonds is 7. The average Bonchev–Trinajstić information content (AvgIpc) is 3.63. The lowest BCUT2D eigenvalue weighted by atomic mass is 9.92. The van der Waals surface area contributed by atoms with E-state index in [1.165, 1.54) is 12.8 Å². The summed E-state index contributed by atoms with van der Waals surface area (Å²) in [5.74, 6) is 1.40. The van der Waals surface area contributed by atoms with E-state index in [2.05, 4.69) is 20.5 Å². The number of hydrogen-bond acceptors (Lipinski definition) is 9. The maximum Gasteiger partial charge on any atom is 0.430 e. The van der Waals surface area contributed by atoms with Gasteiger partial charge in [0.05, 0.1) is 17.0 Å². The molecule has 2 aliphatic carbocycles. The second-order valence-corrected chi connectivity index (χ2v) is 11.7. The highest BCUT2D eigenvalue weighted by Gasteiger charge is 2.27. The molecule has 230 valence electrons. The second kappa shape index (κ2) is 14.7. The first-order valence-electron chi connectivity index (χ1n) is 14.5. The van der Waals surface area contributed by atoms with Crippen molar-refractivity contribution in [3.8, 4) is 0 Å². The Balaban J connectivity index is 0.00000202. The molecule has 3 aromatic rings. The lowest BCUT2D eigenvalue weighted by Gasteiger charge is -2.31. The molecule has 14 heteroatoms. The summed E-state index contributed by atoms with van der Waals surface area (Å²) in [6.45, 7) is 1.21. The first-order chi connectivity index (χ1) is 19.5. The number of hydroxylamine groups is 2. The topological polar surface area (TPSA) is 135 Å². The minimum absolute atomic E-state index is 0. The molecule has 1 aliphatic heterocycles. The molecule has 42 heavy (non-hydrogen) atoms. The maximum atomic E-state index is 12.4. The van der Waals surface area contributed by atoms with Gasteiger partial charge in [0, 0.05) is 37.3 Å². The Labute approximate surface area is 263 Å². The van der Waals surface area contributed by atoms with Crippen LogP contribution in [-0.2, 0) is 4.84 Å². The molecule has 6 rings (SSSR count). The Hall–Kier alpha value is -2.57. The zero-order valence-electron chi connectivity index (χ0n) is 23.5. The van der Waals surface area contributed by atoms with Crippen LogP contribution in [0.5, 0.6) is 0 Å². The Bertz CT molecular complexity index is 1320. The van der Waals surface area contributed by atoms with Gasteiger partial charge in [-0.3, -0.25) is 5.32 Å². The molecule has 1 aromatic carbocycles. The SMILES string of the molecule is Cl.Cl.N[C@H]1CC[C@H](Nc2nc(NC3CCN(OC(=O)Nc4ccccc4Cl)CC3)c3ncn(C4CCCC4)c3n2)CC1. The molecule has 5 N–H and O–H groups in total. The molecule has 11 nitrogen and oxygen atoms in total. The van der Waals surface area contributed by atoms with E-state index in [1.807, 2.05) is 18.5 Å². The van der Waals surface area contributed by atoms with Crippen molar-refractivity contribution in [3.63, 3.8) is 0 Å². The van der Waals surface area contributed by atoms with Gasteiger partial charge in [0.15, 0.2) is 17.0 Å². The Morgan fingerprint density at radius 2 is 1.62 bits per heavy atom. The van der Waals surface area contributed by atoms with Crippen LogP contribution in [0.15, 0.2) is 30.6 Å². The lowest BCUT2D eigenvalue weighted by molar-refractivity contribution is -0.106. The Morgan fingerprint density at radius 1 is 0.929 bits per heavy atom. The van der Waals surface area contributed by atoms with Crippen LogP contribution in [-0.4, -0.2) is 61.9 Å². The molecule has 1 saturated heterocycles. The number of halogens is 3. The van der Waals surface area contributed by atoms with Gasteiger partial charge in [0.25, 0.3) is 0 Å². The van der Waals surface area contributed by atoms with Gasteiger partial charge in [0.2, 0.25) is 5.95 Å². The Morgan fingerprint density at radius 3 is 2.33 bits per heavy atom. The number of para-hydroxylation sites is 1. The summed E-state index contributed by atoms with van der Waals surface area (Å²) < 4.78 is 2.24. The smallest absolute Gasteiger partial charge is 0.365 e. The number of anilines is 3. The van der Waals surface area contributed by atoms with Crippen LogP contribution in [0, 0.1) is 0 Å². The average molecular weight is 641 g/mol. The van der Waals surface area contributed by atoms with Gasteiger partial charge in [0.1, 0.15) is 0 Å². The van der Waals surface area contributed by atoms with Gasteiger partial charge < -0.3 is 25.8 Å². The molecule has 0 atom stereocenters. The van der Waals surface area contributed by atoms with Crippen molar-refractivity contribution in [1.82, 2.24) is 24.6 Å². The number of piperidine rings is 1. The first-order valence-corrected chi connectivity index (χ1v) is 14.9. The third-order valence-electron chi connectivity index (χ3n) is 8.36. The molecule has 0 unspecified atom stereocenters. The van der Waals surface area contributed by atoms with Gasteiger partial charge in [-0.1, -0.05) is 36.6 Å². The van der Waals surface area contributed by atoms with Gasteiger partial charge in [-0.15, -0.1) is 29.9 Å². The van der Waals surface area contributed by atoms with Crippen LogP contribution in [0.3, 0.4) is 0 Å². The van der Waals surface area contributed by atoms with Crippen LogP contribution >= 0.6 is 36.4 Å². The number of benzene rings is 1. The van der Waals surface area contributed by atoms with E-state index >= 15 is 0 Å². The molecular weight excluding hydrogens is 601 g/mol. The number of nitrogens with zero attached hydrogens (tertiary/aromatic N) is 5. The predicted octanol–water partition coefficient (Wildman–Crippen LogP) is 6.16. The zero-order valence-corrected chi connectivity index (χ0v) is 25.9. The van der Waals surface area contributed by atoms with E-state index in [4.69, 9.17) is 37.1 Å². The highest BCUT2D eigenvalue weighted by molar-refractivity contribution is 6.33. The maximum absolute atomic E-state index is 12.4. The number of aromatic nitrogens is 4. The minimum Gasteiger partial charge on any atom is -0.365 e. The number of carbonyl (C=O) groups is 1. The van der Waals surface area contributed by atoms with E-state index in [1.54, 1.807) is 17.2 Å². The third-order valence-corrected chi connectivity index (χ3v) is 8.69. The summed E-state index contributed by atoms with van der Waals surface area (Å²) in [7, 11) is 0. The predicted molar refractivity (Wildman–Crippen MR) is 171 cm³/mol. The number of nitrogens with one attached hydrogen (secondary N) is 3.